The lowest BCUT2D eigenvalue weighted by Gasteiger charge is -2.19. The zero-order chi connectivity index (χ0) is 13.7. The molecule has 1 aliphatic heterocycles. The van der Waals surface area contributed by atoms with Gasteiger partial charge in [-0.3, -0.25) is 0 Å². The third kappa shape index (κ3) is 3.75. The van der Waals surface area contributed by atoms with Crippen LogP contribution in [0.2, 0.25) is 5.02 Å². The summed E-state index contributed by atoms with van der Waals surface area (Å²) >= 11 is 6.11. The minimum absolute atomic E-state index is 0.0930. The van der Waals surface area contributed by atoms with Crippen molar-refractivity contribution in [3.63, 3.8) is 0 Å². The highest BCUT2D eigenvalue weighted by Crippen LogP contribution is 2.36. The number of rotatable bonds is 6. The van der Waals surface area contributed by atoms with Gasteiger partial charge in [0.05, 0.1) is 20.3 Å². The topological polar surface area (TPSA) is 39.7 Å². The summed E-state index contributed by atoms with van der Waals surface area (Å²) < 4.78 is 16.8. The van der Waals surface area contributed by atoms with E-state index in [1.54, 1.807) is 13.2 Å². The molecule has 1 atom stereocenters. The predicted molar refractivity (Wildman–Crippen MR) is 75.2 cm³/mol. The maximum atomic E-state index is 6.11. The van der Waals surface area contributed by atoms with Crippen molar-refractivity contribution >= 4 is 11.6 Å². The Labute approximate surface area is 119 Å². The fourth-order valence-corrected chi connectivity index (χ4v) is 2.30. The second-order valence-electron chi connectivity index (χ2n) is 4.48. The fourth-order valence-electron chi connectivity index (χ4n) is 2.07. The Balaban J connectivity index is 2.24. The molecule has 1 unspecified atom stereocenters. The number of nitrogens with one attached hydrogen (secondary N) is 1. The van der Waals surface area contributed by atoms with Crippen molar-refractivity contribution < 1.29 is 14.2 Å². The zero-order valence-electron chi connectivity index (χ0n) is 11.4. The second-order valence-corrected chi connectivity index (χ2v) is 4.92. The number of halogens is 1. The van der Waals surface area contributed by atoms with E-state index in [1.807, 2.05) is 6.07 Å². The van der Waals surface area contributed by atoms with E-state index >= 15 is 0 Å². The molecule has 19 heavy (non-hydrogen) atoms. The van der Waals surface area contributed by atoms with Gasteiger partial charge in [0.25, 0.3) is 0 Å². The molecule has 0 aromatic heterocycles. The number of hydrogen-bond acceptors (Lipinski definition) is 4. The molecule has 0 spiro atoms. The molecular formula is C14H20ClNO3. The first-order valence-electron chi connectivity index (χ1n) is 6.56. The number of ether oxygens (including phenoxy) is 3. The molecule has 1 aromatic carbocycles. The summed E-state index contributed by atoms with van der Waals surface area (Å²) in [5.41, 5.74) is 1.01. The van der Waals surface area contributed by atoms with Gasteiger partial charge >= 0.3 is 0 Å². The lowest BCUT2D eigenvalue weighted by atomic mass is 10.1. The van der Waals surface area contributed by atoms with Crippen LogP contribution in [0.4, 0.5) is 0 Å². The molecule has 1 fully saturated rings. The maximum absolute atomic E-state index is 6.11. The first-order valence-corrected chi connectivity index (χ1v) is 6.94. The van der Waals surface area contributed by atoms with Crippen LogP contribution in [0.1, 0.15) is 18.9 Å². The molecule has 106 valence electrons. The van der Waals surface area contributed by atoms with Crippen LogP contribution in [0.25, 0.3) is 0 Å². The standard InChI is InChI=1S/C14H20ClNO3/c1-3-16-8-10-6-11(15)7-13(17-2)14(10)19-12-4-5-18-9-12/h6-7,12,16H,3-5,8-9H2,1-2H3. The van der Waals surface area contributed by atoms with Gasteiger partial charge in [-0.15, -0.1) is 0 Å². The van der Waals surface area contributed by atoms with Gasteiger partial charge in [0.2, 0.25) is 0 Å². The summed E-state index contributed by atoms with van der Waals surface area (Å²) in [5.74, 6) is 1.44. The van der Waals surface area contributed by atoms with Crippen LogP contribution >= 0.6 is 11.6 Å². The van der Waals surface area contributed by atoms with Gasteiger partial charge in [-0.2, -0.15) is 0 Å². The van der Waals surface area contributed by atoms with E-state index in [-0.39, 0.29) is 6.10 Å². The SMILES string of the molecule is CCNCc1cc(Cl)cc(OC)c1OC1CCOC1. The van der Waals surface area contributed by atoms with Gasteiger partial charge in [-0.05, 0) is 12.6 Å². The number of hydrogen-bond donors (Lipinski definition) is 1. The van der Waals surface area contributed by atoms with Crippen LogP contribution in [0.3, 0.4) is 0 Å². The van der Waals surface area contributed by atoms with Gasteiger partial charge < -0.3 is 19.5 Å². The molecule has 0 radical (unpaired) electrons. The summed E-state index contributed by atoms with van der Waals surface area (Å²) in [5, 5.41) is 3.94. The zero-order valence-corrected chi connectivity index (χ0v) is 12.1. The molecule has 0 aliphatic carbocycles. The molecular weight excluding hydrogens is 266 g/mol. The van der Waals surface area contributed by atoms with Crippen LogP contribution in [-0.4, -0.2) is 33.0 Å². The van der Waals surface area contributed by atoms with E-state index in [4.69, 9.17) is 25.8 Å². The van der Waals surface area contributed by atoms with Gasteiger partial charge in [-0.25, -0.2) is 0 Å². The number of benzene rings is 1. The molecule has 0 saturated carbocycles. The molecule has 1 heterocycles. The third-order valence-corrected chi connectivity index (χ3v) is 3.27. The average molecular weight is 286 g/mol. The number of methoxy groups -OCH3 is 1. The predicted octanol–water partition coefficient (Wildman–Crippen LogP) is 2.63. The van der Waals surface area contributed by atoms with Crippen molar-refractivity contribution in [2.24, 2.45) is 0 Å². The summed E-state index contributed by atoms with van der Waals surface area (Å²) in [6.45, 7) is 5.04. The molecule has 1 aromatic rings. The molecule has 0 bridgehead atoms. The van der Waals surface area contributed by atoms with E-state index in [0.29, 0.717) is 23.9 Å². The minimum atomic E-state index is 0.0930. The van der Waals surface area contributed by atoms with Gasteiger partial charge in [0.1, 0.15) is 6.10 Å². The highest BCUT2D eigenvalue weighted by atomic mass is 35.5. The Hall–Kier alpha value is -0.970. The third-order valence-electron chi connectivity index (χ3n) is 3.05. The quantitative estimate of drug-likeness (QED) is 0.872. The normalized spacial score (nSPS) is 18.6. The summed E-state index contributed by atoms with van der Waals surface area (Å²) in [4.78, 5) is 0. The molecule has 4 nitrogen and oxygen atoms in total. The van der Waals surface area contributed by atoms with Gasteiger partial charge in [-0.1, -0.05) is 18.5 Å². The van der Waals surface area contributed by atoms with Crippen LogP contribution in [0.15, 0.2) is 12.1 Å². The highest BCUT2D eigenvalue weighted by molar-refractivity contribution is 6.30. The van der Waals surface area contributed by atoms with Crippen LogP contribution in [0, 0.1) is 0 Å². The van der Waals surface area contributed by atoms with E-state index in [2.05, 4.69) is 12.2 Å². The lowest BCUT2D eigenvalue weighted by molar-refractivity contribution is 0.138. The van der Waals surface area contributed by atoms with E-state index < -0.39 is 0 Å². The van der Waals surface area contributed by atoms with Crippen molar-refractivity contribution in [1.82, 2.24) is 5.32 Å². The van der Waals surface area contributed by atoms with E-state index in [9.17, 15) is 0 Å². The van der Waals surface area contributed by atoms with Crippen molar-refractivity contribution in [2.75, 3.05) is 26.9 Å². The molecule has 1 aliphatic rings. The van der Waals surface area contributed by atoms with Crippen molar-refractivity contribution in [2.45, 2.75) is 26.0 Å². The Kier molecular flexibility index (Phi) is 5.31. The average Bonchev–Trinajstić information content (AvgIpc) is 2.91. The molecule has 5 heteroatoms. The Morgan fingerprint density at radius 3 is 2.95 bits per heavy atom. The lowest BCUT2D eigenvalue weighted by Crippen LogP contribution is -2.19. The maximum Gasteiger partial charge on any atom is 0.166 e. The van der Waals surface area contributed by atoms with E-state index in [0.717, 1.165) is 30.9 Å². The highest BCUT2D eigenvalue weighted by Gasteiger charge is 2.21. The van der Waals surface area contributed by atoms with Crippen molar-refractivity contribution in [3.8, 4) is 11.5 Å². The molecule has 2 rings (SSSR count). The molecule has 0 amide bonds. The summed E-state index contributed by atoms with van der Waals surface area (Å²) in [6.07, 6.45) is 1.00. The Morgan fingerprint density at radius 1 is 1.47 bits per heavy atom. The fraction of sp³-hybridized carbons (Fsp3) is 0.571. The summed E-state index contributed by atoms with van der Waals surface area (Å²) in [6, 6.07) is 3.69. The van der Waals surface area contributed by atoms with Crippen LogP contribution < -0.4 is 14.8 Å². The van der Waals surface area contributed by atoms with Crippen molar-refractivity contribution in [1.29, 1.82) is 0 Å². The van der Waals surface area contributed by atoms with Crippen LogP contribution in [0.5, 0.6) is 11.5 Å². The molecule has 1 saturated heterocycles. The van der Waals surface area contributed by atoms with Crippen molar-refractivity contribution in [3.05, 3.63) is 22.7 Å². The van der Waals surface area contributed by atoms with Crippen LogP contribution in [-0.2, 0) is 11.3 Å². The first-order chi connectivity index (χ1) is 9.24. The Morgan fingerprint density at radius 2 is 2.32 bits per heavy atom. The molecule has 1 N–H and O–H groups in total. The largest absolute Gasteiger partial charge is 0.493 e. The smallest absolute Gasteiger partial charge is 0.166 e. The van der Waals surface area contributed by atoms with Gasteiger partial charge in [0.15, 0.2) is 11.5 Å². The first kappa shape index (κ1) is 14.4. The second kappa shape index (κ2) is 6.98. The Bertz CT molecular complexity index is 419. The monoisotopic (exact) mass is 285 g/mol. The minimum Gasteiger partial charge on any atom is -0.493 e. The summed E-state index contributed by atoms with van der Waals surface area (Å²) in [7, 11) is 1.63. The van der Waals surface area contributed by atoms with Gasteiger partial charge in [0, 0.05) is 29.6 Å². The van der Waals surface area contributed by atoms with E-state index in [1.165, 1.54) is 0 Å².